The van der Waals surface area contributed by atoms with Gasteiger partial charge in [-0.25, -0.2) is 8.42 Å². The highest BCUT2D eigenvalue weighted by Gasteiger charge is 2.26. The van der Waals surface area contributed by atoms with Crippen LogP contribution in [0.1, 0.15) is 38.5 Å². The molecule has 1 aromatic carbocycles. The lowest BCUT2D eigenvalue weighted by Gasteiger charge is -2.25. The summed E-state index contributed by atoms with van der Waals surface area (Å²) in [5.41, 5.74) is 0.939. The number of amides is 1. The average molecular weight is 420 g/mol. The highest BCUT2D eigenvalue weighted by Crippen LogP contribution is 2.25. The third-order valence-electron chi connectivity index (χ3n) is 5.83. The molecule has 4 rings (SSSR count). The molecule has 1 aromatic heterocycles. The van der Waals surface area contributed by atoms with E-state index in [4.69, 9.17) is 4.74 Å². The molecule has 1 amide bonds. The number of nitrogens with one attached hydrogen (secondary N) is 1. The van der Waals surface area contributed by atoms with E-state index in [0.717, 1.165) is 49.6 Å². The van der Waals surface area contributed by atoms with Crippen molar-refractivity contribution in [2.45, 2.75) is 56.1 Å². The summed E-state index contributed by atoms with van der Waals surface area (Å²) in [5.74, 6) is 0.00615. The number of hydrogen-bond acceptors (Lipinski definition) is 4. The number of hydrogen-bond donors (Lipinski definition) is 1. The number of fused-ring (bicyclic) bond motifs is 1. The molecular weight excluding hydrogens is 390 g/mol. The van der Waals surface area contributed by atoms with Gasteiger partial charge in [0.15, 0.2) is 0 Å². The van der Waals surface area contributed by atoms with Crippen molar-refractivity contribution in [3.63, 3.8) is 0 Å². The molecule has 0 aliphatic carbocycles. The van der Waals surface area contributed by atoms with Crippen LogP contribution in [0.5, 0.6) is 0 Å². The summed E-state index contributed by atoms with van der Waals surface area (Å²) >= 11 is 0. The van der Waals surface area contributed by atoms with Crippen molar-refractivity contribution in [2.24, 2.45) is 0 Å². The molecule has 0 spiro atoms. The minimum atomic E-state index is -3.44. The maximum absolute atomic E-state index is 12.9. The summed E-state index contributed by atoms with van der Waals surface area (Å²) in [6.45, 7) is 3.11. The molecule has 7 nitrogen and oxygen atoms in total. The Bertz CT molecular complexity index is 957. The van der Waals surface area contributed by atoms with Gasteiger partial charge in [0.2, 0.25) is 15.9 Å². The summed E-state index contributed by atoms with van der Waals surface area (Å²) in [6.07, 6.45) is 7.44. The first-order chi connectivity index (χ1) is 14.0. The molecule has 1 atom stereocenters. The first-order valence-corrected chi connectivity index (χ1v) is 12.0. The molecule has 2 aliphatic rings. The summed E-state index contributed by atoms with van der Waals surface area (Å²) in [7, 11) is -3.44. The number of sulfonamides is 1. The molecule has 3 heterocycles. The van der Waals surface area contributed by atoms with Crippen LogP contribution < -0.4 is 5.32 Å². The second kappa shape index (κ2) is 8.85. The molecule has 0 unspecified atom stereocenters. The Labute approximate surface area is 172 Å². The van der Waals surface area contributed by atoms with Crippen LogP contribution in [0.15, 0.2) is 35.4 Å². The van der Waals surface area contributed by atoms with Crippen LogP contribution >= 0.6 is 0 Å². The Balaban J connectivity index is 1.39. The Morgan fingerprint density at radius 1 is 1.14 bits per heavy atom. The third kappa shape index (κ3) is 4.65. The Morgan fingerprint density at radius 2 is 1.97 bits per heavy atom. The summed E-state index contributed by atoms with van der Waals surface area (Å²) in [4.78, 5) is 12.5. The van der Waals surface area contributed by atoms with Gasteiger partial charge in [-0.2, -0.15) is 4.31 Å². The van der Waals surface area contributed by atoms with E-state index < -0.39 is 10.0 Å². The largest absolute Gasteiger partial charge is 0.376 e. The number of rotatable bonds is 7. The number of aromatic nitrogens is 1. The number of carbonyl (C=O) groups is 1. The molecule has 0 saturated carbocycles. The maximum Gasteiger partial charge on any atom is 0.243 e. The smallest absolute Gasteiger partial charge is 0.243 e. The molecule has 29 heavy (non-hydrogen) atoms. The predicted octanol–water partition coefficient (Wildman–Crippen LogP) is 2.50. The fraction of sp³-hybridized carbons (Fsp3) is 0.571. The number of piperidine rings is 1. The lowest BCUT2D eigenvalue weighted by molar-refractivity contribution is -0.121. The molecular formula is C21H29N3O4S. The van der Waals surface area contributed by atoms with Crippen molar-refractivity contribution in [1.29, 1.82) is 0 Å². The van der Waals surface area contributed by atoms with Gasteiger partial charge in [0, 0.05) is 56.3 Å². The molecule has 2 fully saturated rings. The average Bonchev–Trinajstić information content (AvgIpc) is 3.40. The third-order valence-corrected chi connectivity index (χ3v) is 7.72. The van der Waals surface area contributed by atoms with Gasteiger partial charge >= 0.3 is 0 Å². The van der Waals surface area contributed by atoms with Crippen LogP contribution in [0, 0.1) is 0 Å². The number of ether oxygens (including phenoxy) is 1. The van der Waals surface area contributed by atoms with Gasteiger partial charge in [-0.1, -0.05) is 6.42 Å². The van der Waals surface area contributed by atoms with Crippen LogP contribution in [-0.2, 0) is 26.1 Å². The number of benzene rings is 1. The van der Waals surface area contributed by atoms with Crippen LogP contribution in [-0.4, -0.2) is 55.5 Å². The quantitative estimate of drug-likeness (QED) is 0.748. The standard InChI is InChI=1S/C21H29N3O4S/c25-21(22-16-18-5-4-14-28-18)9-13-23-12-8-17-15-19(6-7-20(17)23)29(26,27)24-10-2-1-3-11-24/h6-8,12,15,18H,1-5,9-11,13-14,16H2,(H,22,25)/t18-/m1/s1. The van der Waals surface area contributed by atoms with Gasteiger partial charge in [0.25, 0.3) is 0 Å². The Morgan fingerprint density at radius 3 is 2.72 bits per heavy atom. The van der Waals surface area contributed by atoms with E-state index in [2.05, 4.69) is 5.32 Å². The lowest BCUT2D eigenvalue weighted by atomic mass is 10.2. The van der Waals surface area contributed by atoms with E-state index in [1.165, 1.54) is 0 Å². The molecule has 1 N–H and O–H groups in total. The van der Waals surface area contributed by atoms with Crippen LogP contribution in [0.4, 0.5) is 0 Å². The van der Waals surface area contributed by atoms with E-state index >= 15 is 0 Å². The van der Waals surface area contributed by atoms with E-state index in [1.54, 1.807) is 16.4 Å². The summed E-state index contributed by atoms with van der Waals surface area (Å²) in [6, 6.07) is 7.18. The van der Waals surface area contributed by atoms with E-state index in [0.29, 0.717) is 37.5 Å². The lowest BCUT2D eigenvalue weighted by Crippen LogP contribution is -2.35. The number of carbonyl (C=O) groups excluding carboxylic acids is 1. The summed E-state index contributed by atoms with van der Waals surface area (Å²) < 4.78 is 34.9. The van der Waals surface area contributed by atoms with Gasteiger partial charge < -0.3 is 14.6 Å². The van der Waals surface area contributed by atoms with Crippen molar-refractivity contribution in [3.05, 3.63) is 30.5 Å². The van der Waals surface area contributed by atoms with Gasteiger partial charge in [-0.3, -0.25) is 4.79 Å². The zero-order valence-corrected chi connectivity index (χ0v) is 17.5. The van der Waals surface area contributed by atoms with E-state index in [9.17, 15) is 13.2 Å². The minimum absolute atomic E-state index is 0.00615. The summed E-state index contributed by atoms with van der Waals surface area (Å²) in [5, 5.41) is 3.82. The predicted molar refractivity (Wildman–Crippen MR) is 111 cm³/mol. The molecule has 0 radical (unpaired) electrons. The highest BCUT2D eigenvalue weighted by atomic mass is 32.2. The van der Waals surface area contributed by atoms with Crippen molar-refractivity contribution in [2.75, 3.05) is 26.2 Å². The molecule has 0 bridgehead atoms. The van der Waals surface area contributed by atoms with Crippen molar-refractivity contribution in [3.8, 4) is 0 Å². The minimum Gasteiger partial charge on any atom is -0.376 e. The molecule has 8 heteroatoms. The first-order valence-electron chi connectivity index (χ1n) is 10.5. The van der Waals surface area contributed by atoms with Crippen LogP contribution in [0.25, 0.3) is 10.9 Å². The topological polar surface area (TPSA) is 80.6 Å². The van der Waals surface area contributed by atoms with Crippen molar-refractivity contribution >= 4 is 26.8 Å². The van der Waals surface area contributed by atoms with Crippen molar-refractivity contribution in [1.82, 2.24) is 14.2 Å². The van der Waals surface area contributed by atoms with E-state index in [1.807, 2.05) is 22.9 Å². The highest BCUT2D eigenvalue weighted by molar-refractivity contribution is 7.89. The van der Waals surface area contributed by atoms with Gasteiger partial charge in [-0.05, 0) is 49.9 Å². The van der Waals surface area contributed by atoms with Crippen molar-refractivity contribution < 1.29 is 17.9 Å². The number of nitrogens with zero attached hydrogens (tertiary/aromatic N) is 2. The van der Waals surface area contributed by atoms with Gasteiger partial charge in [-0.15, -0.1) is 0 Å². The fourth-order valence-corrected chi connectivity index (χ4v) is 5.68. The van der Waals surface area contributed by atoms with Gasteiger partial charge in [0.1, 0.15) is 0 Å². The normalized spacial score (nSPS) is 20.9. The molecule has 2 aliphatic heterocycles. The van der Waals surface area contributed by atoms with Gasteiger partial charge in [0.05, 0.1) is 11.0 Å². The molecule has 2 aromatic rings. The number of aryl methyl sites for hydroxylation is 1. The fourth-order valence-electron chi connectivity index (χ4n) is 4.13. The monoisotopic (exact) mass is 419 g/mol. The zero-order chi connectivity index (χ0) is 20.3. The van der Waals surface area contributed by atoms with Crippen LogP contribution in [0.3, 0.4) is 0 Å². The maximum atomic E-state index is 12.9. The second-order valence-electron chi connectivity index (χ2n) is 7.88. The first kappa shape index (κ1) is 20.4. The molecule has 2 saturated heterocycles. The second-order valence-corrected chi connectivity index (χ2v) is 9.82. The zero-order valence-electron chi connectivity index (χ0n) is 16.7. The SMILES string of the molecule is O=C(CCn1ccc2cc(S(=O)(=O)N3CCCCC3)ccc21)NC[C@H]1CCCO1. The Kier molecular flexibility index (Phi) is 6.22. The Hall–Kier alpha value is -1.90. The van der Waals surface area contributed by atoms with Crippen LogP contribution in [0.2, 0.25) is 0 Å². The molecule has 158 valence electrons. The van der Waals surface area contributed by atoms with E-state index in [-0.39, 0.29) is 12.0 Å².